The Morgan fingerprint density at radius 3 is 1.94 bits per heavy atom. The highest BCUT2D eigenvalue weighted by Gasteiger charge is 2.32. The van der Waals surface area contributed by atoms with E-state index in [2.05, 4.69) is 0 Å². The Morgan fingerprint density at radius 2 is 1.56 bits per heavy atom. The van der Waals surface area contributed by atoms with Crippen LogP contribution in [0, 0.1) is 13.8 Å². The van der Waals surface area contributed by atoms with Crippen LogP contribution < -0.4 is 0 Å². The second-order valence-electron chi connectivity index (χ2n) is 5.00. The van der Waals surface area contributed by atoms with Gasteiger partial charge in [0.05, 0.1) is 12.8 Å². The Balaban J connectivity index is 3.19. The number of benzene rings is 1. The molecule has 2 N–H and O–H groups in total. The van der Waals surface area contributed by atoms with Crippen LogP contribution in [-0.2, 0) is 15.0 Å². The summed E-state index contributed by atoms with van der Waals surface area (Å²) in [6.45, 7) is 5.57. The molecule has 0 aromatic heterocycles. The molecule has 1 aromatic carbocycles. The van der Waals surface area contributed by atoms with E-state index in [1.54, 1.807) is 6.92 Å². The summed E-state index contributed by atoms with van der Waals surface area (Å²) in [5, 5.41) is 17.9. The van der Waals surface area contributed by atoms with E-state index in [1.807, 2.05) is 32.0 Å². The summed E-state index contributed by atoms with van der Waals surface area (Å²) in [5.74, 6) is -1.98. The maximum Gasteiger partial charge on any atom is 0.304 e. The van der Waals surface area contributed by atoms with Crippen molar-refractivity contribution in [3.8, 4) is 0 Å². The largest absolute Gasteiger partial charge is 0.481 e. The van der Waals surface area contributed by atoms with Crippen LogP contribution in [0.3, 0.4) is 0 Å². The summed E-state index contributed by atoms with van der Waals surface area (Å²) in [6.07, 6.45) is -0.385. The van der Waals surface area contributed by atoms with E-state index in [9.17, 15) is 9.59 Å². The average Bonchev–Trinajstić information content (AvgIpc) is 2.19. The molecule has 4 nitrogen and oxygen atoms in total. The fraction of sp³-hybridized carbons (Fsp3) is 0.429. The molecular formula is C14H18O4. The Hall–Kier alpha value is -1.84. The topological polar surface area (TPSA) is 74.6 Å². The van der Waals surface area contributed by atoms with E-state index in [4.69, 9.17) is 10.2 Å². The second kappa shape index (κ2) is 5.21. The molecule has 0 saturated carbocycles. The van der Waals surface area contributed by atoms with E-state index >= 15 is 0 Å². The highest BCUT2D eigenvalue weighted by Crippen LogP contribution is 2.32. The molecule has 4 heteroatoms. The van der Waals surface area contributed by atoms with Crippen LogP contribution in [0.2, 0.25) is 0 Å². The van der Waals surface area contributed by atoms with Gasteiger partial charge in [0.1, 0.15) is 0 Å². The molecule has 0 atom stereocenters. The summed E-state index contributed by atoms with van der Waals surface area (Å²) >= 11 is 0. The number of carboxylic acids is 2. The quantitative estimate of drug-likeness (QED) is 0.842. The average molecular weight is 250 g/mol. The van der Waals surface area contributed by atoms with Crippen LogP contribution in [0.1, 0.15) is 36.5 Å². The van der Waals surface area contributed by atoms with E-state index in [-0.39, 0.29) is 12.8 Å². The zero-order chi connectivity index (χ0) is 13.9. The van der Waals surface area contributed by atoms with Crippen molar-refractivity contribution in [3.63, 3.8) is 0 Å². The first-order valence-corrected chi connectivity index (χ1v) is 5.76. The third-order valence-electron chi connectivity index (χ3n) is 3.29. The maximum absolute atomic E-state index is 10.9. The lowest BCUT2D eigenvalue weighted by atomic mass is 9.76. The first kappa shape index (κ1) is 14.2. The van der Waals surface area contributed by atoms with Crippen LogP contribution in [0.15, 0.2) is 18.2 Å². The van der Waals surface area contributed by atoms with Crippen LogP contribution in [0.5, 0.6) is 0 Å². The van der Waals surface area contributed by atoms with Gasteiger partial charge >= 0.3 is 11.9 Å². The lowest BCUT2D eigenvalue weighted by molar-refractivity contribution is -0.141. The molecule has 0 aliphatic carbocycles. The van der Waals surface area contributed by atoms with Gasteiger partial charge in [-0.25, -0.2) is 0 Å². The molecule has 0 heterocycles. The standard InChI is InChI=1S/C14H18O4/c1-9-4-5-11(6-10(9)2)14(3,7-12(15)16)8-13(17)18/h4-6H,7-8H2,1-3H3,(H,15,16)(H,17,18). The predicted octanol–water partition coefficient (Wildman–Crippen LogP) is 2.51. The number of aliphatic carboxylic acids is 2. The Kier molecular flexibility index (Phi) is 4.11. The zero-order valence-corrected chi connectivity index (χ0v) is 10.9. The smallest absolute Gasteiger partial charge is 0.304 e. The van der Waals surface area contributed by atoms with Gasteiger partial charge in [-0.15, -0.1) is 0 Å². The van der Waals surface area contributed by atoms with Crippen molar-refractivity contribution in [2.24, 2.45) is 0 Å². The van der Waals surface area contributed by atoms with Crippen LogP contribution >= 0.6 is 0 Å². The molecule has 0 fully saturated rings. The third-order valence-corrected chi connectivity index (χ3v) is 3.29. The van der Waals surface area contributed by atoms with Crippen molar-refractivity contribution in [2.45, 2.75) is 39.0 Å². The summed E-state index contributed by atoms with van der Waals surface area (Å²) in [6, 6.07) is 5.59. The SMILES string of the molecule is Cc1ccc(C(C)(CC(=O)O)CC(=O)O)cc1C. The molecule has 0 bridgehead atoms. The van der Waals surface area contributed by atoms with Gasteiger partial charge in [0.2, 0.25) is 0 Å². The third kappa shape index (κ3) is 3.32. The fourth-order valence-electron chi connectivity index (χ4n) is 2.05. The maximum atomic E-state index is 10.9. The second-order valence-corrected chi connectivity index (χ2v) is 5.00. The van der Waals surface area contributed by atoms with Gasteiger partial charge in [-0.2, -0.15) is 0 Å². The minimum absolute atomic E-state index is 0.193. The molecule has 98 valence electrons. The molecule has 1 rings (SSSR count). The minimum Gasteiger partial charge on any atom is -0.481 e. The van der Waals surface area contributed by atoms with Crippen molar-refractivity contribution in [1.82, 2.24) is 0 Å². The van der Waals surface area contributed by atoms with Gasteiger partial charge in [0, 0.05) is 5.41 Å². The number of hydrogen-bond donors (Lipinski definition) is 2. The van der Waals surface area contributed by atoms with Crippen LogP contribution in [0.25, 0.3) is 0 Å². The molecule has 0 saturated heterocycles. The zero-order valence-electron chi connectivity index (χ0n) is 10.9. The molecule has 0 amide bonds. The van der Waals surface area contributed by atoms with Gasteiger partial charge in [0.25, 0.3) is 0 Å². The molecule has 1 aromatic rings. The van der Waals surface area contributed by atoms with Crippen molar-refractivity contribution in [2.75, 3.05) is 0 Å². The number of rotatable bonds is 5. The molecule has 0 radical (unpaired) electrons. The number of carbonyl (C=O) groups is 2. The number of hydrogen-bond acceptors (Lipinski definition) is 2. The number of aryl methyl sites for hydroxylation is 2. The van der Waals surface area contributed by atoms with Crippen molar-refractivity contribution in [3.05, 3.63) is 34.9 Å². The highest BCUT2D eigenvalue weighted by molar-refractivity contribution is 5.74. The lowest BCUT2D eigenvalue weighted by Crippen LogP contribution is -2.29. The summed E-state index contributed by atoms with van der Waals surface area (Å²) in [4.78, 5) is 21.9. The summed E-state index contributed by atoms with van der Waals surface area (Å²) < 4.78 is 0. The van der Waals surface area contributed by atoms with Crippen LogP contribution in [-0.4, -0.2) is 22.2 Å². The number of carboxylic acid groups (broad SMARTS) is 2. The molecule has 0 aliphatic heterocycles. The van der Waals surface area contributed by atoms with Gasteiger partial charge in [0.15, 0.2) is 0 Å². The van der Waals surface area contributed by atoms with Crippen molar-refractivity contribution >= 4 is 11.9 Å². The van der Waals surface area contributed by atoms with Gasteiger partial charge in [-0.1, -0.05) is 25.1 Å². The Labute approximate surface area is 106 Å². The molecule has 0 aliphatic rings. The molecule has 0 spiro atoms. The van der Waals surface area contributed by atoms with Crippen LogP contribution in [0.4, 0.5) is 0 Å². The first-order chi connectivity index (χ1) is 8.24. The Bertz CT molecular complexity index is 461. The summed E-state index contributed by atoms with van der Waals surface area (Å²) in [7, 11) is 0. The summed E-state index contributed by atoms with van der Waals surface area (Å²) in [5.41, 5.74) is 2.02. The van der Waals surface area contributed by atoms with E-state index in [0.717, 1.165) is 16.7 Å². The minimum atomic E-state index is -0.989. The highest BCUT2D eigenvalue weighted by atomic mass is 16.4. The van der Waals surface area contributed by atoms with E-state index in [0.29, 0.717) is 0 Å². The lowest BCUT2D eigenvalue weighted by Gasteiger charge is -2.27. The molecule has 0 unspecified atom stereocenters. The van der Waals surface area contributed by atoms with Crippen molar-refractivity contribution in [1.29, 1.82) is 0 Å². The fourth-order valence-corrected chi connectivity index (χ4v) is 2.05. The first-order valence-electron chi connectivity index (χ1n) is 5.76. The normalized spacial score (nSPS) is 11.3. The van der Waals surface area contributed by atoms with Gasteiger partial charge < -0.3 is 10.2 Å². The molecular weight excluding hydrogens is 232 g/mol. The predicted molar refractivity (Wildman–Crippen MR) is 67.8 cm³/mol. The van der Waals surface area contributed by atoms with E-state index < -0.39 is 17.4 Å². The molecule has 18 heavy (non-hydrogen) atoms. The van der Waals surface area contributed by atoms with Gasteiger partial charge in [-0.3, -0.25) is 9.59 Å². The monoisotopic (exact) mass is 250 g/mol. The van der Waals surface area contributed by atoms with Crippen molar-refractivity contribution < 1.29 is 19.8 Å². The van der Waals surface area contributed by atoms with Gasteiger partial charge in [-0.05, 0) is 30.5 Å². The Morgan fingerprint density at radius 1 is 1.06 bits per heavy atom. The van der Waals surface area contributed by atoms with E-state index in [1.165, 1.54) is 0 Å².